The summed E-state index contributed by atoms with van der Waals surface area (Å²) in [5, 5.41) is 6.58. The monoisotopic (exact) mass is 377 g/mol. The fourth-order valence-electron chi connectivity index (χ4n) is 2.53. The minimum Gasteiger partial charge on any atom is -0.478 e. The molecule has 0 aliphatic carbocycles. The fourth-order valence-corrected chi connectivity index (χ4v) is 2.53. The molecule has 1 aromatic rings. The van der Waals surface area contributed by atoms with Crippen LogP contribution >= 0.6 is 0 Å². The van der Waals surface area contributed by atoms with Gasteiger partial charge in [-0.3, -0.25) is 0 Å². The number of carbonyl (C=O) groups is 1. The molecule has 1 fully saturated rings. The third kappa shape index (κ3) is 6.62. The Morgan fingerprint density at radius 3 is 2.74 bits per heavy atom. The molecule has 0 atom stereocenters. The SMILES string of the molecule is CCNC(=NCc1cccnc1OCC)NC1CN(C(=O)OC(C)(C)C)C1. The molecule has 0 unspecified atom stereocenters. The zero-order valence-electron chi connectivity index (χ0n) is 16.9. The highest BCUT2D eigenvalue weighted by molar-refractivity contribution is 5.80. The van der Waals surface area contributed by atoms with E-state index in [1.165, 1.54) is 0 Å². The second kappa shape index (κ2) is 9.43. The summed E-state index contributed by atoms with van der Waals surface area (Å²) in [6.45, 7) is 12.5. The summed E-state index contributed by atoms with van der Waals surface area (Å²) in [5.74, 6) is 1.32. The standard InChI is InChI=1S/C19H31N5O3/c1-6-20-17(22-11-14-9-8-10-21-16(14)26-7-2)23-15-12-24(13-15)18(25)27-19(3,4)5/h8-10,15H,6-7,11-13H2,1-5H3,(H2,20,22,23). The van der Waals surface area contributed by atoms with Crippen molar-refractivity contribution in [1.82, 2.24) is 20.5 Å². The minimum absolute atomic E-state index is 0.149. The van der Waals surface area contributed by atoms with Crippen LogP contribution in [0.5, 0.6) is 5.88 Å². The Labute approximate surface area is 161 Å². The molecule has 1 amide bonds. The predicted molar refractivity (Wildman–Crippen MR) is 105 cm³/mol. The van der Waals surface area contributed by atoms with Crippen molar-refractivity contribution in [3.63, 3.8) is 0 Å². The summed E-state index contributed by atoms with van der Waals surface area (Å²) >= 11 is 0. The highest BCUT2D eigenvalue weighted by Gasteiger charge is 2.34. The molecule has 1 aromatic heterocycles. The number of hydrogen-bond acceptors (Lipinski definition) is 5. The van der Waals surface area contributed by atoms with E-state index in [1.807, 2.05) is 46.8 Å². The number of aliphatic imine (C=N–C) groups is 1. The van der Waals surface area contributed by atoms with Crippen molar-refractivity contribution < 1.29 is 14.3 Å². The molecule has 150 valence electrons. The number of pyridine rings is 1. The molecule has 1 aliphatic heterocycles. The Kier molecular flexibility index (Phi) is 7.27. The van der Waals surface area contributed by atoms with Crippen LogP contribution < -0.4 is 15.4 Å². The first-order valence-electron chi connectivity index (χ1n) is 9.41. The maximum absolute atomic E-state index is 12.0. The van der Waals surface area contributed by atoms with E-state index < -0.39 is 5.60 Å². The van der Waals surface area contributed by atoms with Gasteiger partial charge in [0.1, 0.15) is 5.60 Å². The molecule has 0 aromatic carbocycles. The van der Waals surface area contributed by atoms with Crippen molar-refractivity contribution in [2.75, 3.05) is 26.2 Å². The smallest absolute Gasteiger partial charge is 0.410 e. The summed E-state index contributed by atoms with van der Waals surface area (Å²) in [5.41, 5.74) is 0.453. The average molecular weight is 377 g/mol. The second-order valence-electron chi connectivity index (χ2n) is 7.32. The second-order valence-corrected chi connectivity index (χ2v) is 7.32. The number of ether oxygens (including phenoxy) is 2. The van der Waals surface area contributed by atoms with Crippen molar-refractivity contribution >= 4 is 12.1 Å². The van der Waals surface area contributed by atoms with Gasteiger partial charge in [-0.2, -0.15) is 0 Å². The lowest BCUT2D eigenvalue weighted by molar-refractivity contribution is 0.00700. The van der Waals surface area contributed by atoms with Gasteiger partial charge < -0.3 is 25.0 Å². The summed E-state index contributed by atoms with van der Waals surface area (Å²) in [6, 6.07) is 3.98. The Hall–Kier alpha value is -2.51. The lowest BCUT2D eigenvalue weighted by Crippen LogP contribution is -2.63. The Morgan fingerprint density at radius 1 is 1.37 bits per heavy atom. The molecule has 27 heavy (non-hydrogen) atoms. The number of guanidine groups is 1. The highest BCUT2D eigenvalue weighted by Crippen LogP contribution is 2.16. The number of nitrogens with zero attached hydrogens (tertiary/aromatic N) is 3. The van der Waals surface area contributed by atoms with Crippen molar-refractivity contribution in [2.24, 2.45) is 4.99 Å². The van der Waals surface area contributed by atoms with Gasteiger partial charge in [-0.15, -0.1) is 0 Å². The van der Waals surface area contributed by atoms with Crippen LogP contribution in [0.25, 0.3) is 0 Å². The van der Waals surface area contributed by atoms with Crippen molar-refractivity contribution in [3.8, 4) is 5.88 Å². The molecule has 8 nitrogen and oxygen atoms in total. The molecular weight excluding hydrogens is 346 g/mol. The number of nitrogens with one attached hydrogen (secondary N) is 2. The molecule has 0 bridgehead atoms. The van der Waals surface area contributed by atoms with E-state index in [2.05, 4.69) is 20.6 Å². The first-order chi connectivity index (χ1) is 12.8. The van der Waals surface area contributed by atoms with Gasteiger partial charge in [0, 0.05) is 31.4 Å². The number of hydrogen-bond donors (Lipinski definition) is 2. The van der Waals surface area contributed by atoms with Gasteiger partial charge in [-0.1, -0.05) is 6.07 Å². The van der Waals surface area contributed by atoms with Crippen LogP contribution in [0.4, 0.5) is 4.79 Å². The van der Waals surface area contributed by atoms with E-state index >= 15 is 0 Å². The third-order valence-corrected chi connectivity index (χ3v) is 3.76. The van der Waals surface area contributed by atoms with Crippen LogP contribution in [0.1, 0.15) is 40.2 Å². The summed E-state index contributed by atoms with van der Waals surface area (Å²) in [6.07, 6.45) is 1.43. The van der Waals surface area contributed by atoms with E-state index in [0.29, 0.717) is 38.1 Å². The van der Waals surface area contributed by atoms with Crippen LogP contribution in [0.3, 0.4) is 0 Å². The lowest BCUT2D eigenvalue weighted by Gasteiger charge is -2.40. The zero-order valence-corrected chi connectivity index (χ0v) is 16.9. The first kappa shape index (κ1) is 20.8. The molecule has 0 saturated carbocycles. The normalized spacial score (nSPS) is 15.1. The molecule has 2 rings (SSSR count). The van der Waals surface area contributed by atoms with E-state index in [-0.39, 0.29) is 12.1 Å². The van der Waals surface area contributed by atoms with Gasteiger partial charge in [0.05, 0.1) is 19.2 Å². The minimum atomic E-state index is -0.478. The van der Waals surface area contributed by atoms with Crippen molar-refractivity contribution in [2.45, 2.75) is 52.8 Å². The predicted octanol–water partition coefficient (Wildman–Crippen LogP) is 2.15. The van der Waals surface area contributed by atoms with E-state index in [4.69, 9.17) is 9.47 Å². The molecule has 1 saturated heterocycles. The van der Waals surface area contributed by atoms with Gasteiger partial charge in [-0.25, -0.2) is 14.8 Å². The summed E-state index contributed by atoms with van der Waals surface area (Å²) in [7, 11) is 0. The number of likely N-dealkylation sites (tertiary alicyclic amines) is 1. The Balaban J connectivity index is 1.89. The average Bonchev–Trinajstić information content (AvgIpc) is 2.55. The van der Waals surface area contributed by atoms with Crippen LogP contribution in [0.2, 0.25) is 0 Å². The van der Waals surface area contributed by atoms with Gasteiger partial charge in [0.2, 0.25) is 5.88 Å². The first-order valence-corrected chi connectivity index (χ1v) is 9.41. The van der Waals surface area contributed by atoms with Gasteiger partial charge in [-0.05, 0) is 40.7 Å². The third-order valence-electron chi connectivity index (χ3n) is 3.76. The van der Waals surface area contributed by atoms with E-state index in [9.17, 15) is 4.79 Å². The number of amides is 1. The number of rotatable bonds is 6. The lowest BCUT2D eigenvalue weighted by atomic mass is 10.1. The van der Waals surface area contributed by atoms with Crippen molar-refractivity contribution in [1.29, 1.82) is 0 Å². The fraction of sp³-hybridized carbons (Fsp3) is 0.632. The zero-order chi connectivity index (χ0) is 19.9. The Morgan fingerprint density at radius 2 is 2.11 bits per heavy atom. The topological polar surface area (TPSA) is 88.1 Å². The maximum atomic E-state index is 12.0. The van der Waals surface area contributed by atoms with Gasteiger partial charge >= 0.3 is 6.09 Å². The van der Waals surface area contributed by atoms with Gasteiger partial charge in [0.15, 0.2) is 5.96 Å². The molecule has 1 aliphatic rings. The van der Waals surface area contributed by atoms with Crippen LogP contribution in [0.15, 0.2) is 23.3 Å². The molecule has 0 radical (unpaired) electrons. The van der Waals surface area contributed by atoms with Crippen LogP contribution in [-0.2, 0) is 11.3 Å². The summed E-state index contributed by atoms with van der Waals surface area (Å²) in [4.78, 5) is 22.6. The maximum Gasteiger partial charge on any atom is 0.410 e. The molecule has 2 heterocycles. The van der Waals surface area contributed by atoms with Crippen LogP contribution in [-0.4, -0.2) is 59.8 Å². The molecule has 8 heteroatoms. The number of carbonyl (C=O) groups excluding carboxylic acids is 1. The Bertz CT molecular complexity index is 651. The highest BCUT2D eigenvalue weighted by atomic mass is 16.6. The largest absolute Gasteiger partial charge is 0.478 e. The van der Waals surface area contributed by atoms with Crippen LogP contribution in [0, 0.1) is 0 Å². The van der Waals surface area contributed by atoms with E-state index in [0.717, 1.165) is 12.1 Å². The molecule has 0 spiro atoms. The molecule has 2 N–H and O–H groups in total. The number of aromatic nitrogens is 1. The van der Waals surface area contributed by atoms with Gasteiger partial charge in [0.25, 0.3) is 0 Å². The van der Waals surface area contributed by atoms with E-state index in [1.54, 1.807) is 11.1 Å². The molecular formula is C19H31N5O3. The summed E-state index contributed by atoms with van der Waals surface area (Å²) < 4.78 is 10.9. The van der Waals surface area contributed by atoms with Crippen molar-refractivity contribution in [3.05, 3.63) is 23.9 Å². The quantitative estimate of drug-likeness (QED) is 0.583.